The number of nitrogens with zero attached hydrogens (tertiary/aromatic N) is 2. The molecule has 1 amide bonds. The normalized spacial score (nSPS) is 16.0. The van der Waals surface area contributed by atoms with Crippen molar-refractivity contribution in [3.8, 4) is 5.75 Å². The van der Waals surface area contributed by atoms with Crippen LogP contribution in [0, 0.1) is 0 Å². The van der Waals surface area contributed by atoms with Crippen LogP contribution in [0.4, 0.5) is 5.69 Å². The molecular formula is C17H25N3O4S. The number of benzene rings is 1. The number of carbonyl (C=O) groups excluding carboxylic acids is 1. The molecule has 1 saturated carbocycles. The summed E-state index contributed by atoms with van der Waals surface area (Å²) < 4.78 is 30.6. The number of anilines is 1. The number of carbonyl (C=O) groups is 1. The van der Waals surface area contributed by atoms with Gasteiger partial charge < -0.3 is 4.74 Å². The van der Waals surface area contributed by atoms with Gasteiger partial charge >= 0.3 is 0 Å². The molecule has 1 fully saturated rings. The molecule has 1 aromatic rings. The van der Waals surface area contributed by atoms with E-state index < -0.39 is 22.0 Å². The zero-order valence-electron chi connectivity index (χ0n) is 14.9. The second kappa shape index (κ2) is 8.33. The highest BCUT2D eigenvalue weighted by Crippen LogP contribution is 2.24. The lowest BCUT2D eigenvalue weighted by Crippen LogP contribution is -2.47. The molecule has 0 spiro atoms. The molecule has 0 aliphatic heterocycles. The summed E-state index contributed by atoms with van der Waals surface area (Å²) in [6, 6.07) is 5.60. The Bertz CT molecular complexity index is 721. The molecule has 2 rings (SSSR count). The van der Waals surface area contributed by atoms with Crippen molar-refractivity contribution in [3.05, 3.63) is 24.3 Å². The van der Waals surface area contributed by atoms with E-state index in [1.807, 2.05) is 0 Å². The molecule has 25 heavy (non-hydrogen) atoms. The molecule has 0 bridgehead atoms. The monoisotopic (exact) mass is 367 g/mol. The van der Waals surface area contributed by atoms with Crippen molar-refractivity contribution >= 4 is 27.3 Å². The molecule has 1 aromatic carbocycles. The van der Waals surface area contributed by atoms with Gasteiger partial charge in [0, 0.05) is 5.71 Å². The minimum atomic E-state index is -3.64. The number of nitrogens with one attached hydrogen (secondary N) is 1. The summed E-state index contributed by atoms with van der Waals surface area (Å²) >= 11 is 0. The largest absolute Gasteiger partial charge is 0.497 e. The Morgan fingerprint density at radius 2 is 1.80 bits per heavy atom. The van der Waals surface area contributed by atoms with Gasteiger partial charge in [0.05, 0.1) is 19.1 Å². The minimum Gasteiger partial charge on any atom is -0.497 e. The van der Waals surface area contributed by atoms with Gasteiger partial charge in [0.25, 0.3) is 5.91 Å². The van der Waals surface area contributed by atoms with Crippen molar-refractivity contribution in [1.82, 2.24) is 5.43 Å². The molecule has 0 radical (unpaired) electrons. The number of amides is 1. The van der Waals surface area contributed by atoms with Crippen LogP contribution in [-0.2, 0) is 14.8 Å². The Balaban J connectivity index is 2.17. The molecule has 8 heteroatoms. The van der Waals surface area contributed by atoms with Gasteiger partial charge in [0.15, 0.2) is 0 Å². The van der Waals surface area contributed by atoms with Crippen molar-refractivity contribution in [2.45, 2.75) is 45.1 Å². The fraction of sp³-hybridized carbons (Fsp3) is 0.529. The maximum absolute atomic E-state index is 12.4. The summed E-state index contributed by atoms with van der Waals surface area (Å²) in [5, 5.41) is 4.17. The lowest BCUT2D eigenvalue weighted by Gasteiger charge is -2.27. The van der Waals surface area contributed by atoms with E-state index in [1.54, 1.807) is 31.2 Å². The van der Waals surface area contributed by atoms with Gasteiger partial charge in [-0.05, 0) is 56.9 Å². The first-order valence-corrected chi connectivity index (χ1v) is 10.2. The van der Waals surface area contributed by atoms with E-state index in [0.717, 1.165) is 42.0 Å². The highest BCUT2D eigenvalue weighted by Gasteiger charge is 2.29. The van der Waals surface area contributed by atoms with Crippen molar-refractivity contribution in [3.63, 3.8) is 0 Å². The van der Waals surface area contributed by atoms with Gasteiger partial charge in [-0.3, -0.25) is 9.10 Å². The van der Waals surface area contributed by atoms with E-state index in [-0.39, 0.29) is 0 Å². The topological polar surface area (TPSA) is 88.1 Å². The molecule has 7 nitrogen and oxygen atoms in total. The molecule has 0 saturated heterocycles. The average Bonchev–Trinajstić information content (AvgIpc) is 2.60. The maximum atomic E-state index is 12.4. The molecule has 1 aliphatic carbocycles. The Hall–Kier alpha value is -2.09. The number of hydrogen-bond acceptors (Lipinski definition) is 5. The average molecular weight is 367 g/mol. The quantitative estimate of drug-likeness (QED) is 0.782. The predicted octanol–water partition coefficient (Wildman–Crippen LogP) is 2.29. The SMILES string of the molecule is COc1ccc(N([C@@H](C)C(=O)NN=C2CCCCC2)S(C)(=O)=O)cc1. The molecule has 1 aliphatic rings. The molecule has 0 heterocycles. The van der Waals surface area contributed by atoms with E-state index >= 15 is 0 Å². The molecule has 1 atom stereocenters. The zero-order chi connectivity index (χ0) is 18.4. The Labute approximate surface area is 149 Å². The van der Waals surface area contributed by atoms with Gasteiger partial charge in [0.1, 0.15) is 11.8 Å². The Kier molecular flexibility index (Phi) is 6.41. The lowest BCUT2D eigenvalue weighted by atomic mass is 9.99. The molecule has 0 aromatic heterocycles. The van der Waals surface area contributed by atoms with Crippen LogP contribution in [-0.4, -0.2) is 39.4 Å². The van der Waals surface area contributed by atoms with Gasteiger partial charge in [-0.15, -0.1) is 0 Å². The standard InChI is InChI=1S/C17H25N3O4S/c1-13(17(21)19-18-14-7-5-4-6-8-14)20(25(3,22)23)15-9-11-16(24-2)12-10-15/h9-13H,4-8H2,1-3H3,(H,19,21)/t13-/m0/s1. The highest BCUT2D eigenvalue weighted by molar-refractivity contribution is 7.92. The molecule has 138 valence electrons. The fourth-order valence-corrected chi connectivity index (χ4v) is 4.01. The molecule has 0 unspecified atom stereocenters. The summed E-state index contributed by atoms with van der Waals surface area (Å²) in [6.07, 6.45) is 6.17. The summed E-state index contributed by atoms with van der Waals surface area (Å²) in [4.78, 5) is 12.4. The van der Waals surface area contributed by atoms with Crippen LogP contribution in [0.1, 0.15) is 39.0 Å². The summed E-state index contributed by atoms with van der Waals surface area (Å²) in [5.74, 6) is 0.150. The van der Waals surface area contributed by atoms with Crippen LogP contribution in [0.25, 0.3) is 0 Å². The summed E-state index contributed by atoms with van der Waals surface area (Å²) in [5.41, 5.74) is 3.87. The number of ether oxygens (including phenoxy) is 1. The smallest absolute Gasteiger partial charge is 0.263 e. The first-order valence-electron chi connectivity index (χ1n) is 8.31. The third-order valence-electron chi connectivity index (χ3n) is 4.17. The van der Waals surface area contributed by atoms with Crippen molar-refractivity contribution in [2.75, 3.05) is 17.7 Å². The van der Waals surface area contributed by atoms with Crippen molar-refractivity contribution in [2.24, 2.45) is 5.10 Å². The molecule has 1 N–H and O–H groups in total. The number of hydrazone groups is 1. The van der Waals surface area contributed by atoms with Gasteiger partial charge in [0.2, 0.25) is 10.0 Å². The molecular weight excluding hydrogens is 342 g/mol. The first-order chi connectivity index (χ1) is 11.8. The number of methoxy groups -OCH3 is 1. The third-order valence-corrected chi connectivity index (χ3v) is 5.41. The zero-order valence-corrected chi connectivity index (χ0v) is 15.7. The summed E-state index contributed by atoms with van der Waals surface area (Å²) in [6.45, 7) is 1.54. The van der Waals surface area contributed by atoms with Crippen molar-refractivity contribution in [1.29, 1.82) is 0 Å². The summed E-state index contributed by atoms with van der Waals surface area (Å²) in [7, 11) is -2.11. The highest BCUT2D eigenvalue weighted by atomic mass is 32.2. The van der Waals surface area contributed by atoms with Gasteiger partial charge in [-0.2, -0.15) is 5.10 Å². The van der Waals surface area contributed by atoms with Gasteiger partial charge in [-0.1, -0.05) is 6.42 Å². The van der Waals surface area contributed by atoms with E-state index in [1.165, 1.54) is 13.5 Å². The number of hydrogen-bond donors (Lipinski definition) is 1. The minimum absolute atomic E-state index is 0.399. The van der Waals surface area contributed by atoms with E-state index in [0.29, 0.717) is 11.4 Å². The van der Waals surface area contributed by atoms with E-state index in [2.05, 4.69) is 10.5 Å². The van der Waals surface area contributed by atoms with Crippen LogP contribution in [0.5, 0.6) is 5.75 Å². The van der Waals surface area contributed by atoms with E-state index in [9.17, 15) is 13.2 Å². The predicted molar refractivity (Wildman–Crippen MR) is 98.4 cm³/mol. The van der Waals surface area contributed by atoms with E-state index in [4.69, 9.17) is 4.74 Å². The maximum Gasteiger partial charge on any atom is 0.263 e. The van der Waals surface area contributed by atoms with Crippen LogP contribution >= 0.6 is 0 Å². The second-order valence-corrected chi connectivity index (χ2v) is 8.01. The Morgan fingerprint density at radius 1 is 1.20 bits per heavy atom. The lowest BCUT2D eigenvalue weighted by molar-refractivity contribution is -0.121. The number of rotatable bonds is 6. The Morgan fingerprint density at radius 3 is 2.32 bits per heavy atom. The third kappa shape index (κ3) is 5.19. The fourth-order valence-electron chi connectivity index (χ4n) is 2.84. The first kappa shape index (κ1) is 19.2. The van der Waals surface area contributed by atoms with Crippen LogP contribution < -0.4 is 14.5 Å². The van der Waals surface area contributed by atoms with Crippen LogP contribution in [0.3, 0.4) is 0 Å². The number of sulfonamides is 1. The van der Waals surface area contributed by atoms with Crippen molar-refractivity contribution < 1.29 is 17.9 Å². The van der Waals surface area contributed by atoms with Gasteiger partial charge in [-0.25, -0.2) is 13.8 Å². The van der Waals surface area contributed by atoms with Crippen LogP contribution in [0.2, 0.25) is 0 Å². The van der Waals surface area contributed by atoms with Crippen LogP contribution in [0.15, 0.2) is 29.4 Å². The second-order valence-electron chi connectivity index (χ2n) is 6.15.